The summed E-state index contributed by atoms with van der Waals surface area (Å²) in [6, 6.07) is 7.87. The molecule has 0 heterocycles. The number of benzene rings is 1. The number of nitrogens with zero attached hydrogens (tertiary/aromatic N) is 1. The van der Waals surface area contributed by atoms with Gasteiger partial charge in [-0.25, -0.2) is 4.79 Å². The minimum absolute atomic E-state index is 0.0715. The maximum atomic E-state index is 12.2. The lowest BCUT2D eigenvalue weighted by molar-refractivity contribution is -0.122. The normalized spacial score (nSPS) is 21.8. The third-order valence-corrected chi connectivity index (χ3v) is 6.54. The SMILES string of the molecule is CC(C)(C)N(C[C@]1(c2cccc(Cl)c2)CC[C@H](NC(=O)CCCCCl)CC1)C(=O)O. The Morgan fingerprint density at radius 1 is 1.23 bits per heavy atom. The van der Waals surface area contributed by atoms with Gasteiger partial charge < -0.3 is 15.3 Å². The van der Waals surface area contributed by atoms with Gasteiger partial charge in [-0.1, -0.05) is 23.7 Å². The van der Waals surface area contributed by atoms with E-state index in [4.69, 9.17) is 23.2 Å². The molecular weight excluding hydrogens is 423 g/mol. The van der Waals surface area contributed by atoms with Crippen LogP contribution in [0, 0.1) is 0 Å². The number of unbranched alkanes of at least 4 members (excludes halogenated alkanes) is 1. The molecule has 1 aliphatic rings. The van der Waals surface area contributed by atoms with Crippen LogP contribution in [-0.2, 0) is 10.2 Å². The zero-order chi connectivity index (χ0) is 22.4. The second-order valence-electron chi connectivity index (χ2n) is 9.32. The molecule has 0 atom stereocenters. The third-order valence-electron chi connectivity index (χ3n) is 6.03. The first-order valence-electron chi connectivity index (χ1n) is 10.7. The van der Waals surface area contributed by atoms with Crippen LogP contribution in [0.1, 0.15) is 71.3 Å². The van der Waals surface area contributed by atoms with E-state index in [9.17, 15) is 14.7 Å². The summed E-state index contributed by atoms with van der Waals surface area (Å²) in [5, 5.41) is 13.7. The molecule has 168 valence electrons. The minimum atomic E-state index is -0.918. The van der Waals surface area contributed by atoms with Gasteiger partial charge in [0, 0.05) is 40.9 Å². The predicted molar refractivity (Wildman–Crippen MR) is 123 cm³/mol. The number of alkyl halides is 1. The molecule has 7 heteroatoms. The first kappa shape index (κ1) is 24.8. The van der Waals surface area contributed by atoms with Crippen molar-refractivity contribution in [1.82, 2.24) is 10.2 Å². The molecule has 0 unspecified atom stereocenters. The molecule has 1 saturated carbocycles. The lowest BCUT2D eigenvalue weighted by Gasteiger charge is -2.46. The Labute approximate surface area is 190 Å². The van der Waals surface area contributed by atoms with Crippen LogP contribution in [0.15, 0.2) is 24.3 Å². The van der Waals surface area contributed by atoms with Gasteiger partial charge in [-0.2, -0.15) is 0 Å². The zero-order valence-corrected chi connectivity index (χ0v) is 19.7. The number of carbonyl (C=O) groups excluding carboxylic acids is 1. The van der Waals surface area contributed by atoms with E-state index in [1.54, 1.807) is 0 Å². The number of rotatable bonds is 8. The maximum Gasteiger partial charge on any atom is 0.407 e. The van der Waals surface area contributed by atoms with E-state index in [1.807, 2.05) is 45.0 Å². The van der Waals surface area contributed by atoms with Crippen molar-refractivity contribution in [3.63, 3.8) is 0 Å². The van der Waals surface area contributed by atoms with E-state index >= 15 is 0 Å². The van der Waals surface area contributed by atoms with Crippen molar-refractivity contribution in [2.75, 3.05) is 12.4 Å². The Hall–Kier alpha value is -1.46. The predicted octanol–water partition coefficient (Wildman–Crippen LogP) is 5.82. The Balaban J connectivity index is 2.17. The molecule has 1 fully saturated rings. The van der Waals surface area contributed by atoms with E-state index in [2.05, 4.69) is 5.32 Å². The van der Waals surface area contributed by atoms with E-state index in [-0.39, 0.29) is 17.4 Å². The number of hydrogen-bond donors (Lipinski definition) is 2. The fourth-order valence-corrected chi connectivity index (χ4v) is 4.62. The van der Waals surface area contributed by atoms with E-state index in [0.29, 0.717) is 23.9 Å². The average molecular weight is 457 g/mol. The second-order valence-corrected chi connectivity index (χ2v) is 10.1. The number of hydrogen-bond acceptors (Lipinski definition) is 2. The minimum Gasteiger partial charge on any atom is -0.465 e. The summed E-state index contributed by atoms with van der Waals surface area (Å²) in [5.74, 6) is 0.648. The summed E-state index contributed by atoms with van der Waals surface area (Å²) in [4.78, 5) is 25.8. The van der Waals surface area contributed by atoms with Crippen LogP contribution < -0.4 is 5.32 Å². The zero-order valence-electron chi connectivity index (χ0n) is 18.2. The van der Waals surface area contributed by atoms with Gasteiger partial charge in [-0.15, -0.1) is 11.6 Å². The van der Waals surface area contributed by atoms with Crippen LogP contribution >= 0.6 is 23.2 Å². The molecule has 0 bridgehead atoms. The van der Waals surface area contributed by atoms with Gasteiger partial charge >= 0.3 is 6.09 Å². The Morgan fingerprint density at radius 2 is 1.90 bits per heavy atom. The molecule has 1 aliphatic carbocycles. The van der Waals surface area contributed by atoms with Gasteiger partial charge in [0.05, 0.1) is 0 Å². The Bertz CT molecular complexity index is 725. The second kappa shape index (κ2) is 10.7. The molecular formula is C23H34Cl2N2O3. The fourth-order valence-electron chi connectivity index (χ4n) is 4.25. The highest BCUT2D eigenvalue weighted by Gasteiger charge is 2.42. The summed E-state index contributed by atoms with van der Waals surface area (Å²) < 4.78 is 0. The van der Waals surface area contributed by atoms with Gasteiger partial charge in [-0.3, -0.25) is 4.79 Å². The highest BCUT2D eigenvalue weighted by molar-refractivity contribution is 6.30. The van der Waals surface area contributed by atoms with Crippen LogP contribution in [-0.4, -0.2) is 46.0 Å². The van der Waals surface area contributed by atoms with Crippen molar-refractivity contribution in [3.8, 4) is 0 Å². The summed E-state index contributed by atoms with van der Waals surface area (Å²) in [6.07, 6.45) is 4.43. The van der Waals surface area contributed by atoms with Crippen LogP contribution in [0.4, 0.5) is 4.79 Å². The number of halogens is 2. The van der Waals surface area contributed by atoms with Gasteiger partial charge in [0.2, 0.25) is 5.91 Å². The van der Waals surface area contributed by atoms with Crippen LogP contribution in [0.25, 0.3) is 0 Å². The molecule has 0 radical (unpaired) electrons. The number of amides is 2. The Kier molecular flexibility index (Phi) is 8.86. The van der Waals surface area contributed by atoms with Crippen LogP contribution in [0.5, 0.6) is 0 Å². The molecule has 0 aromatic heterocycles. The topological polar surface area (TPSA) is 69.6 Å². The summed E-state index contributed by atoms with van der Waals surface area (Å²) in [6.45, 7) is 6.15. The molecule has 2 N–H and O–H groups in total. The highest BCUT2D eigenvalue weighted by Crippen LogP contribution is 2.42. The van der Waals surface area contributed by atoms with Crippen molar-refractivity contribution in [2.24, 2.45) is 0 Å². The first-order chi connectivity index (χ1) is 14.1. The quantitative estimate of drug-likeness (QED) is 0.382. The van der Waals surface area contributed by atoms with Crippen molar-refractivity contribution >= 4 is 35.2 Å². The van der Waals surface area contributed by atoms with Crippen molar-refractivity contribution in [2.45, 2.75) is 82.7 Å². The van der Waals surface area contributed by atoms with Gasteiger partial charge in [0.25, 0.3) is 0 Å². The van der Waals surface area contributed by atoms with E-state index in [1.165, 1.54) is 4.90 Å². The largest absolute Gasteiger partial charge is 0.465 e. The average Bonchev–Trinajstić information content (AvgIpc) is 2.66. The summed E-state index contributed by atoms with van der Waals surface area (Å²) >= 11 is 12.0. The van der Waals surface area contributed by atoms with E-state index in [0.717, 1.165) is 44.1 Å². The van der Waals surface area contributed by atoms with Crippen molar-refractivity contribution in [1.29, 1.82) is 0 Å². The molecule has 0 saturated heterocycles. The number of carbonyl (C=O) groups is 2. The fraction of sp³-hybridized carbons (Fsp3) is 0.652. The van der Waals surface area contributed by atoms with Crippen molar-refractivity contribution < 1.29 is 14.7 Å². The van der Waals surface area contributed by atoms with Gasteiger partial charge in [-0.05, 0) is 77.0 Å². The summed E-state index contributed by atoms with van der Waals surface area (Å²) in [5.41, 5.74) is 0.235. The number of nitrogens with one attached hydrogen (secondary N) is 1. The monoisotopic (exact) mass is 456 g/mol. The molecule has 1 aromatic rings. The molecule has 30 heavy (non-hydrogen) atoms. The lowest BCUT2D eigenvalue weighted by Crippen LogP contribution is -2.54. The van der Waals surface area contributed by atoms with Gasteiger partial charge in [0.15, 0.2) is 0 Å². The number of carboxylic acid groups (broad SMARTS) is 1. The molecule has 0 spiro atoms. The summed E-state index contributed by atoms with van der Waals surface area (Å²) in [7, 11) is 0. The molecule has 0 aliphatic heterocycles. The van der Waals surface area contributed by atoms with Crippen molar-refractivity contribution in [3.05, 3.63) is 34.9 Å². The standard InChI is InChI=1S/C23H34Cl2N2O3/c1-22(2,3)27(21(29)30)16-23(17-7-6-8-18(25)15-17)12-10-19(11-13-23)26-20(28)9-4-5-14-24/h6-8,15,19H,4-5,9-14,16H2,1-3H3,(H,26,28)(H,29,30)/t19-,23-. The molecule has 5 nitrogen and oxygen atoms in total. The maximum absolute atomic E-state index is 12.2. The Morgan fingerprint density at radius 3 is 2.43 bits per heavy atom. The first-order valence-corrected chi connectivity index (χ1v) is 11.6. The molecule has 2 amide bonds. The van der Waals surface area contributed by atoms with E-state index < -0.39 is 11.6 Å². The molecule has 2 rings (SSSR count). The smallest absolute Gasteiger partial charge is 0.407 e. The van der Waals surface area contributed by atoms with Crippen LogP contribution in [0.2, 0.25) is 5.02 Å². The van der Waals surface area contributed by atoms with Crippen LogP contribution in [0.3, 0.4) is 0 Å². The van der Waals surface area contributed by atoms with Gasteiger partial charge in [0.1, 0.15) is 0 Å². The molecule has 1 aromatic carbocycles. The third kappa shape index (κ3) is 6.78. The highest BCUT2D eigenvalue weighted by atomic mass is 35.5. The lowest BCUT2D eigenvalue weighted by atomic mass is 9.67.